The van der Waals surface area contributed by atoms with Gasteiger partial charge in [-0.2, -0.15) is 0 Å². The van der Waals surface area contributed by atoms with Crippen LogP contribution in [0.4, 0.5) is 5.69 Å². The van der Waals surface area contributed by atoms with E-state index in [1.165, 1.54) is 18.2 Å². The highest BCUT2D eigenvalue weighted by Gasteiger charge is 2.17. The first kappa shape index (κ1) is 14.9. The van der Waals surface area contributed by atoms with Crippen LogP contribution in [-0.4, -0.2) is 22.7 Å². The van der Waals surface area contributed by atoms with Gasteiger partial charge in [0.1, 0.15) is 0 Å². The Labute approximate surface area is 123 Å². The van der Waals surface area contributed by atoms with Crippen molar-refractivity contribution in [2.75, 3.05) is 11.4 Å². The third-order valence-electron chi connectivity index (χ3n) is 3.27. The lowest BCUT2D eigenvalue weighted by molar-refractivity contribution is 0.0988. The molecule has 0 fully saturated rings. The Morgan fingerprint density at radius 2 is 1.76 bits per heavy atom. The maximum absolute atomic E-state index is 12.5. The lowest BCUT2D eigenvalue weighted by atomic mass is 10.1. The summed E-state index contributed by atoms with van der Waals surface area (Å²) in [7, 11) is 0. The van der Waals surface area contributed by atoms with Gasteiger partial charge >= 0.3 is 0 Å². The molecule has 0 aliphatic heterocycles. The van der Waals surface area contributed by atoms with Crippen LogP contribution in [0.5, 0.6) is 11.5 Å². The molecular weight excluding hydrogens is 268 g/mol. The minimum Gasteiger partial charge on any atom is -0.504 e. The fourth-order valence-electron chi connectivity index (χ4n) is 2.07. The van der Waals surface area contributed by atoms with E-state index in [1.54, 1.807) is 4.90 Å². The molecule has 0 saturated heterocycles. The number of phenols is 2. The van der Waals surface area contributed by atoms with E-state index < -0.39 is 0 Å². The zero-order chi connectivity index (χ0) is 15.4. The number of amides is 1. The third kappa shape index (κ3) is 3.14. The van der Waals surface area contributed by atoms with Crippen molar-refractivity contribution in [3.63, 3.8) is 0 Å². The summed E-state index contributed by atoms with van der Waals surface area (Å²) in [6, 6.07) is 11.5. The smallest absolute Gasteiger partial charge is 0.258 e. The van der Waals surface area contributed by atoms with Gasteiger partial charge in [0.2, 0.25) is 0 Å². The van der Waals surface area contributed by atoms with E-state index in [2.05, 4.69) is 0 Å². The molecule has 0 atom stereocenters. The molecule has 110 valence electrons. The molecule has 0 radical (unpaired) electrons. The minimum absolute atomic E-state index is 0.242. The Hall–Kier alpha value is -2.53. The first-order valence-electron chi connectivity index (χ1n) is 6.69. The normalized spacial score (nSPS) is 10.4. The van der Waals surface area contributed by atoms with Gasteiger partial charge in [-0.3, -0.25) is 4.79 Å². The molecule has 5 heteroatoms. The molecule has 0 aromatic heterocycles. The summed E-state index contributed by atoms with van der Waals surface area (Å²) in [6.07, 6.45) is 0. The van der Waals surface area contributed by atoms with Crippen molar-refractivity contribution in [3.05, 3.63) is 53.6 Å². The van der Waals surface area contributed by atoms with E-state index in [1.807, 2.05) is 31.2 Å². The second kappa shape index (κ2) is 6.28. The van der Waals surface area contributed by atoms with Crippen LogP contribution in [0.2, 0.25) is 0 Å². The molecule has 0 bridgehead atoms. The monoisotopic (exact) mass is 286 g/mol. The second-order valence-electron chi connectivity index (χ2n) is 4.62. The summed E-state index contributed by atoms with van der Waals surface area (Å²) in [4.78, 5) is 14.1. The van der Waals surface area contributed by atoms with Crippen LogP contribution in [-0.2, 0) is 6.54 Å². The number of carbonyl (C=O) groups is 1. The van der Waals surface area contributed by atoms with Gasteiger partial charge in [-0.1, -0.05) is 12.1 Å². The van der Waals surface area contributed by atoms with Crippen molar-refractivity contribution in [1.29, 1.82) is 0 Å². The average Bonchev–Trinajstić information content (AvgIpc) is 2.51. The topological polar surface area (TPSA) is 86.8 Å². The molecule has 0 saturated carbocycles. The average molecular weight is 286 g/mol. The molecule has 0 unspecified atom stereocenters. The van der Waals surface area contributed by atoms with E-state index in [0.717, 1.165) is 11.3 Å². The third-order valence-corrected chi connectivity index (χ3v) is 3.27. The van der Waals surface area contributed by atoms with Crippen LogP contribution in [0.25, 0.3) is 0 Å². The number of aromatic hydroxyl groups is 2. The Balaban J connectivity index is 2.30. The maximum atomic E-state index is 12.5. The molecule has 0 heterocycles. The number of anilines is 1. The van der Waals surface area contributed by atoms with Crippen molar-refractivity contribution in [2.45, 2.75) is 13.5 Å². The highest BCUT2D eigenvalue weighted by atomic mass is 16.3. The fourth-order valence-corrected chi connectivity index (χ4v) is 2.07. The molecule has 5 nitrogen and oxygen atoms in total. The van der Waals surface area contributed by atoms with Gasteiger partial charge in [0.05, 0.1) is 0 Å². The number of hydrogen-bond donors (Lipinski definition) is 3. The number of benzene rings is 2. The molecule has 4 N–H and O–H groups in total. The predicted octanol–water partition coefficient (Wildman–Crippen LogP) is 2.22. The first-order valence-corrected chi connectivity index (χ1v) is 6.69. The molecule has 0 spiro atoms. The molecule has 1 amide bonds. The summed E-state index contributed by atoms with van der Waals surface area (Å²) in [5.74, 6) is -0.800. The van der Waals surface area contributed by atoms with Crippen molar-refractivity contribution in [1.82, 2.24) is 0 Å². The highest BCUT2D eigenvalue weighted by Crippen LogP contribution is 2.26. The fraction of sp³-hybridized carbons (Fsp3) is 0.188. The summed E-state index contributed by atoms with van der Waals surface area (Å²) < 4.78 is 0. The first-order chi connectivity index (χ1) is 10.1. The van der Waals surface area contributed by atoms with Crippen LogP contribution >= 0.6 is 0 Å². The van der Waals surface area contributed by atoms with E-state index in [4.69, 9.17) is 5.73 Å². The summed E-state index contributed by atoms with van der Waals surface area (Å²) in [5, 5.41) is 18.8. The van der Waals surface area contributed by atoms with Crippen molar-refractivity contribution in [3.8, 4) is 11.5 Å². The van der Waals surface area contributed by atoms with Gasteiger partial charge in [0, 0.05) is 24.3 Å². The summed E-state index contributed by atoms with van der Waals surface area (Å²) in [5.41, 5.74) is 7.62. The van der Waals surface area contributed by atoms with Crippen LogP contribution in [0, 0.1) is 0 Å². The van der Waals surface area contributed by atoms with Gasteiger partial charge in [0.25, 0.3) is 5.91 Å². The Bertz CT molecular complexity index is 638. The number of phenolic OH excluding ortho intramolecular Hbond substituents is 2. The predicted molar refractivity (Wildman–Crippen MR) is 81.5 cm³/mol. The number of rotatable bonds is 4. The van der Waals surface area contributed by atoms with E-state index in [0.29, 0.717) is 18.7 Å². The molecule has 2 rings (SSSR count). The Morgan fingerprint density at radius 3 is 2.29 bits per heavy atom. The van der Waals surface area contributed by atoms with Gasteiger partial charge in [0.15, 0.2) is 11.5 Å². The molecular formula is C16H18N2O3. The largest absolute Gasteiger partial charge is 0.504 e. The standard InChI is InChI=1S/C16H18N2O3/c1-2-18(13-6-3-11(10-17)4-7-13)16(21)12-5-8-14(19)15(20)9-12/h3-9,19-20H,2,10,17H2,1H3. The zero-order valence-corrected chi connectivity index (χ0v) is 11.8. The molecule has 21 heavy (non-hydrogen) atoms. The summed E-state index contributed by atoms with van der Waals surface area (Å²) >= 11 is 0. The SMILES string of the molecule is CCN(C(=O)c1ccc(O)c(O)c1)c1ccc(CN)cc1. The second-order valence-corrected chi connectivity index (χ2v) is 4.62. The van der Waals surface area contributed by atoms with Gasteiger partial charge in [-0.25, -0.2) is 0 Å². The van der Waals surface area contributed by atoms with Crippen LogP contribution < -0.4 is 10.6 Å². The van der Waals surface area contributed by atoms with Crippen LogP contribution in [0.15, 0.2) is 42.5 Å². The lowest BCUT2D eigenvalue weighted by Gasteiger charge is -2.21. The van der Waals surface area contributed by atoms with Crippen molar-refractivity contribution in [2.24, 2.45) is 5.73 Å². The van der Waals surface area contributed by atoms with Gasteiger partial charge in [-0.05, 0) is 42.8 Å². The Morgan fingerprint density at radius 1 is 1.10 bits per heavy atom. The lowest BCUT2D eigenvalue weighted by Crippen LogP contribution is -2.30. The number of nitrogens with two attached hydrogens (primary N) is 1. The van der Waals surface area contributed by atoms with E-state index in [9.17, 15) is 15.0 Å². The quantitative estimate of drug-likeness (QED) is 0.752. The number of hydrogen-bond acceptors (Lipinski definition) is 4. The minimum atomic E-state index is -0.310. The van der Waals surface area contributed by atoms with Crippen molar-refractivity contribution < 1.29 is 15.0 Å². The summed E-state index contributed by atoms with van der Waals surface area (Å²) in [6.45, 7) is 2.81. The van der Waals surface area contributed by atoms with Gasteiger partial charge in [-0.15, -0.1) is 0 Å². The van der Waals surface area contributed by atoms with Crippen LogP contribution in [0.3, 0.4) is 0 Å². The molecule has 0 aliphatic carbocycles. The Kier molecular flexibility index (Phi) is 4.45. The van der Waals surface area contributed by atoms with E-state index in [-0.39, 0.29) is 17.4 Å². The number of carbonyl (C=O) groups excluding carboxylic acids is 1. The highest BCUT2D eigenvalue weighted by molar-refractivity contribution is 6.06. The number of nitrogens with zero attached hydrogens (tertiary/aromatic N) is 1. The van der Waals surface area contributed by atoms with Crippen LogP contribution in [0.1, 0.15) is 22.8 Å². The zero-order valence-electron chi connectivity index (χ0n) is 11.8. The van der Waals surface area contributed by atoms with Crippen molar-refractivity contribution >= 4 is 11.6 Å². The molecule has 2 aromatic rings. The van der Waals surface area contributed by atoms with E-state index >= 15 is 0 Å². The maximum Gasteiger partial charge on any atom is 0.258 e. The molecule has 2 aromatic carbocycles. The van der Waals surface area contributed by atoms with Gasteiger partial charge < -0.3 is 20.8 Å². The molecule has 0 aliphatic rings.